The number of aryl methyl sites for hydroxylation is 3. The summed E-state index contributed by atoms with van der Waals surface area (Å²) in [5.41, 5.74) is 4.59. The van der Waals surface area contributed by atoms with E-state index in [1.54, 1.807) is 13.0 Å². The van der Waals surface area contributed by atoms with Crippen molar-refractivity contribution < 1.29 is 13.2 Å². The van der Waals surface area contributed by atoms with Crippen molar-refractivity contribution in [2.24, 2.45) is 0 Å². The molecule has 7 nitrogen and oxygen atoms in total. The molecule has 2 aromatic rings. The molecule has 2 N–H and O–H groups in total. The largest absolute Gasteiger partial charge is 0.276 e. The van der Waals surface area contributed by atoms with Gasteiger partial charge < -0.3 is 0 Å². The molecule has 0 radical (unpaired) electrons. The van der Waals surface area contributed by atoms with Crippen molar-refractivity contribution >= 4 is 31.9 Å². The Bertz CT molecular complexity index is 846. The SMILES string of the molecule is Cc1cc(C)n(CC(=O)NNS(=O)(=O)c2ccc(Br)c(C)c2)n1. The number of nitrogens with zero attached hydrogens (tertiary/aromatic N) is 2. The topological polar surface area (TPSA) is 93.1 Å². The number of amides is 1. The number of rotatable bonds is 5. The van der Waals surface area contributed by atoms with Crippen molar-refractivity contribution in [3.63, 3.8) is 0 Å². The molecule has 0 saturated carbocycles. The lowest BCUT2D eigenvalue weighted by Crippen LogP contribution is -2.43. The molecule has 0 fully saturated rings. The maximum atomic E-state index is 12.2. The molecule has 0 saturated heterocycles. The lowest BCUT2D eigenvalue weighted by molar-refractivity contribution is -0.122. The summed E-state index contributed by atoms with van der Waals surface area (Å²) in [6.07, 6.45) is 0. The average Bonchev–Trinajstić information content (AvgIpc) is 2.77. The molecule has 0 aliphatic carbocycles. The van der Waals surface area contributed by atoms with Crippen molar-refractivity contribution in [1.82, 2.24) is 20.0 Å². The summed E-state index contributed by atoms with van der Waals surface area (Å²) in [4.78, 5) is 14.0. The molecule has 1 aromatic heterocycles. The Morgan fingerprint density at radius 1 is 1.26 bits per heavy atom. The van der Waals surface area contributed by atoms with Gasteiger partial charge in [-0.1, -0.05) is 15.9 Å². The van der Waals surface area contributed by atoms with Gasteiger partial charge in [-0.05, 0) is 50.6 Å². The fraction of sp³-hybridized carbons (Fsp3) is 0.286. The summed E-state index contributed by atoms with van der Waals surface area (Å²) >= 11 is 3.31. The highest BCUT2D eigenvalue weighted by atomic mass is 79.9. The Hall–Kier alpha value is -1.71. The van der Waals surface area contributed by atoms with E-state index in [0.29, 0.717) is 0 Å². The minimum Gasteiger partial charge on any atom is -0.276 e. The van der Waals surface area contributed by atoms with Crippen LogP contribution in [0.4, 0.5) is 0 Å². The lowest BCUT2D eigenvalue weighted by atomic mass is 10.2. The first-order valence-electron chi connectivity index (χ1n) is 6.77. The van der Waals surface area contributed by atoms with Crippen molar-refractivity contribution in [1.29, 1.82) is 0 Å². The van der Waals surface area contributed by atoms with Gasteiger partial charge in [-0.2, -0.15) is 5.10 Å². The summed E-state index contributed by atoms with van der Waals surface area (Å²) in [5, 5.41) is 4.15. The van der Waals surface area contributed by atoms with Gasteiger partial charge in [-0.25, -0.2) is 8.42 Å². The summed E-state index contributed by atoms with van der Waals surface area (Å²) in [6, 6.07) is 6.44. The molecule has 1 heterocycles. The maximum Gasteiger partial charge on any atom is 0.257 e. The number of nitrogens with one attached hydrogen (secondary N) is 2. The number of aromatic nitrogens is 2. The quantitative estimate of drug-likeness (QED) is 0.745. The third-order valence-corrected chi connectivity index (χ3v) is 5.30. The molecule has 0 bridgehead atoms. The number of sulfonamides is 1. The van der Waals surface area contributed by atoms with Crippen molar-refractivity contribution in [2.75, 3.05) is 0 Å². The summed E-state index contributed by atoms with van der Waals surface area (Å²) in [5.74, 6) is -0.506. The molecular weight excluding hydrogens is 384 g/mol. The van der Waals surface area contributed by atoms with Crippen LogP contribution in [-0.2, 0) is 21.4 Å². The Morgan fingerprint density at radius 2 is 1.96 bits per heavy atom. The van der Waals surface area contributed by atoms with E-state index in [1.165, 1.54) is 16.8 Å². The smallest absolute Gasteiger partial charge is 0.257 e. The van der Waals surface area contributed by atoms with Gasteiger partial charge in [0.2, 0.25) is 0 Å². The van der Waals surface area contributed by atoms with Crippen LogP contribution in [0.25, 0.3) is 0 Å². The van der Waals surface area contributed by atoms with Crippen LogP contribution in [-0.4, -0.2) is 24.1 Å². The zero-order valence-electron chi connectivity index (χ0n) is 12.9. The van der Waals surface area contributed by atoms with E-state index in [2.05, 4.69) is 31.3 Å². The van der Waals surface area contributed by atoms with Crippen LogP contribution in [0.15, 0.2) is 33.6 Å². The predicted molar refractivity (Wildman–Crippen MR) is 89.0 cm³/mol. The second-order valence-electron chi connectivity index (χ2n) is 5.15. The number of hydrogen-bond donors (Lipinski definition) is 2. The third kappa shape index (κ3) is 4.40. The molecule has 0 atom stereocenters. The first-order chi connectivity index (χ1) is 10.7. The number of benzene rings is 1. The van der Waals surface area contributed by atoms with E-state index in [1.807, 2.05) is 19.9 Å². The fourth-order valence-corrected chi connectivity index (χ4v) is 3.17. The Morgan fingerprint density at radius 3 is 2.52 bits per heavy atom. The molecule has 0 unspecified atom stereocenters. The first-order valence-corrected chi connectivity index (χ1v) is 9.04. The lowest BCUT2D eigenvalue weighted by Gasteiger charge is -2.10. The highest BCUT2D eigenvalue weighted by Crippen LogP contribution is 2.19. The molecular formula is C14H17BrN4O3S. The van der Waals surface area contributed by atoms with Crippen LogP contribution in [0.1, 0.15) is 17.0 Å². The molecule has 1 aromatic carbocycles. The van der Waals surface area contributed by atoms with Gasteiger partial charge in [0.1, 0.15) is 6.54 Å². The highest BCUT2D eigenvalue weighted by Gasteiger charge is 2.16. The molecule has 9 heteroatoms. The number of halogens is 1. The number of hydrogen-bond acceptors (Lipinski definition) is 4. The van der Waals surface area contributed by atoms with E-state index in [0.717, 1.165) is 21.4 Å². The zero-order chi connectivity index (χ0) is 17.2. The van der Waals surface area contributed by atoms with Gasteiger partial charge in [0.15, 0.2) is 0 Å². The Kier molecular flexibility index (Phi) is 5.23. The molecule has 2 rings (SSSR count). The molecule has 1 amide bonds. The van der Waals surface area contributed by atoms with Gasteiger partial charge in [0.05, 0.1) is 10.6 Å². The van der Waals surface area contributed by atoms with E-state index in [-0.39, 0.29) is 11.4 Å². The summed E-state index contributed by atoms with van der Waals surface area (Å²) < 4.78 is 26.6. The van der Waals surface area contributed by atoms with Crippen LogP contribution in [0.3, 0.4) is 0 Å². The number of hydrazine groups is 1. The molecule has 23 heavy (non-hydrogen) atoms. The standard InChI is InChI=1S/C14H17BrN4O3S/c1-9-6-12(4-5-13(9)15)23(21,22)18-16-14(20)8-19-11(3)7-10(2)17-19/h4-7,18H,8H2,1-3H3,(H,16,20). The molecule has 0 aliphatic rings. The normalized spacial score (nSPS) is 11.5. The van der Waals surface area contributed by atoms with Crippen molar-refractivity contribution in [3.8, 4) is 0 Å². The zero-order valence-corrected chi connectivity index (χ0v) is 15.3. The van der Waals surface area contributed by atoms with Crippen LogP contribution >= 0.6 is 15.9 Å². The second-order valence-corrected chi connectivity index (χ2v) is 7.69. The minimum atomic E-state index is -3.82. The van der Waals surface area contributed by atoms with E-state index in [4.69, 9.17) is 0 Å². The van der Waals surface area contributed by atoms with Crippen LogP contribution in [0, 0.1) is 20.8 Å². The van der Waals surface area contributed by atoms with Crippen LogP contribution in [0.2, 0.25) is 0 Å². The fourth-order valence-electron chi connectivity index (χ4n) is 1.98. The van der Waals surface area contributed by atoms with Gasteiger partial charge >= 0.3 is 0 Å². The predicted octanol–water partition coefficient (Wildman–Crippen LogP) is 1.58. The Balaban J connectivity index is 2.02. The van der Waals surface area contributed by atoms with Crippen LogP contribution in [0.5, 0.6) is 0 Å². The third-order valence-electron chi connectivity index (χ3n) is 3.16. The van der Waals surface area contributed by atoms with Crippen LogP contribution < -0.4 is 10.3 Å². The highest BCUT2D eigenvalue weighted by molar-refractivity contribution is 9.10. The van der Waals surface area contributed by atoms with E-state index in [9.17, 15) is 13.2 Å². The second kappa shape index (κ2) is 6.81. The van der Waals surface area contributed by atoms with Crippen molar-refractivity contribution in [3.05, 3.63) is 45.7 Å². The van der Waals surface area contributed by atoms with Gasteiger partial charge in [0, 0.05) is 10.2 Å². The first kappa shape index (κ1) is 17.6. The number of carbonyl (C=O) groups is 1. The summed E-state index contributed by atoms with van der Waals surface area (Å²) in [6.45, 7) is 5.36. The number of carbonyl (C=O) groups excluding carboxylic acids is 1. The van der Waals surface area contributed by atoms with Crippen molar-refractivity contribution in [2.45, 2.75) is 32.2 Å². The monoisotopic (exact) mass is 400 g/mol. The average molecular weight is 401 g/mol. The molecule has 0 spiro atoms. The minimum absolute atomic E-state index is 0.0679. The summed E-state index contributed by atoms with van der Waals surface area (Å²) in [7, 11) is -3.82. The van der Waals surface area contributed by atoms with E-state index >= 15 is 0 Å². The Labute approximate surface area is 143 Å². The van der Waals surface area contributed by atoms with Gasteiger partial charge in [-0.15, -0.1) is 4.83 Å². The van der Waals surface area contributed by atoms with E-state index < -0.39 is 15.9 Å². The molecule has 124 valence electrons. The maximum absolute atomic E-state index is 12.2. The van der Waals surface area contributed by atoms with Gasteiger partial charge in [-0.3, -0.25) is 14.9 Å². The molecule has 0 aliphatic heterocycles. The van der Waals surface area contributed by atoms with Gasteiger partial charge in [0.25, 0.3) is 15.9 Å².